The zero-order chi connectivity index (χ0) is 26.1. The summed E-state index contributed by atoms with van der Waals surface area (Å²) in [5.74, 6) is 0.363. The van der Waals surface area contributed by atoms with E-state index in [-0.39, 0.29) is 17.1 Å². The van der Waals surface area contributed by atoms with Crippen LogP contribution in [0.25, 0.3) is 32.9 Å². The Bertz CT molecular complexity index is 1570. The number of fused-ring (bicyclic) bond motifs is 5. The van der Waals surface area contributed by atoms with Crippen LogP contribution < -0.4 is 15.0 Å². The summed E-state index contributed by atoms with van der Waals surface area (Å²) in [4.78, 5) is 21.8. The topological polar surface area (TPSA) is 82.2 Å². The highest BCUT2D eigenvalue weighted by molar-refractivity contribution is 6.36. The lowest BCUT2D eigenvalue weighted by molar-refractivity contribution is 0.108. The first-order valence-corrected chi connectivity index (χ1v) is 14.5. The fourth-order valence-electron chi connectivity index (χ4n) is 7.52. The van der Waals surface area contributed by atoms with Gasteiger partial charge in [-0.1, -0.05) is 17.7 Å². The number of benzene rings is 1. The van der Waals surface area contributed by atoms with Crippen molar-refractivity contribution in [1.82, 2.24) is 30.2 Å². The molecule has 4 aromatic rings. The minimum Gasteiger partial charge on any atom is -0.461 e. The van der Waals surface area contributed by atoms with Gasteiger partial charge in [0.05, 0.1) is 22.3 Å². The van der Waals surface area contributed by atoms with E-state index in [1.54, 1.807) is 18.6 Å². The normalized spacial score (nSPS) is 24.2. The Labute approximate surface area is 230 Å². The Morgan fingerprint density at radius 1 is 1.05 bits per heavy atom. The summed E-state index contributed by atoms with van der Waals surface area (Å²) in [6.07, 6.45) is 12.0. The number of H-pyrrole nitrogens is 1. The van der Waals surface area contributed by atoms with Gasteiger partial charge in [0.1, 0.15) is 17.9 Å². The van der Waals surface area contributed by atoms with E-state index in [0.717, 1.165) is 68.6 Å². The van der Waals surface area contributed by atoms with E-state index in [4.69, 9.17) is 26.3 Å². The Morgan fingerprint density at radius 2 is 1.85 bits per heavy atom. The molecule has 4 fully saturated rings. The largest absolute Gasteiger partial charge is 0.461 e. The standard InChI is InChI=1S/C29H31ClFN7O/c30-22-12-32-13-23-24(22)21(11-33-23)19-5-6-20-26(25(19)31)35-28(39-16-29-7-1-9-38(29)10-2-8-29)36-27(20)37-14-17-3-4-18(15-37)34-17/h5-6,11-13,17-18,33-34H,1-4,7-10,14-16H2. The lowest BCUT2D eigenvalue weighted by Crippen LogP contribution is -2.51. The van der Waals surface area contributed by atoms with Crippen LogP contribution in [0.3, 0.4) is 0 Å². The molecule has 0 spiro atoms. The van der Waals surface area contributed by atoms with Crippen LogP contribution in [-0.2, 0) is 0 Å². The van der Waals surface area contributed by atoms with Crippen molar-refractivity contribution in [3.8, 4) is 17.1 Å². The molecular weight excluding hydrogens is 517 g/mol. The second-order valence-corrected chi connectivity index (χ2v) is 12.1. The van der Waals surface area contributed by atoms with Crippen LogP contribution in [0, 0.1) is 5.82 Å². The van der Waals surface area contributed by atoms with E-state index in [1.807, 2.05) is 12.1 Å². The molecule has 0 aliphatic carbocycles. The molecule has 0 saturated carbocycles. The van der Waals surface area contributed by atoms with Gasteiger partial charge in [0.2, 0.25) is 0 Å². The fourth-order valence-corrected chi connectivity index (χ4v) is 7.78. The molecule has 4 aliphatic heterocycles. The van der Waals surface area contributed by atoms with Gasteiger partial charge in [-0.15, -0.1) is 0 Å². The number of hydrogen-bond donors (Lipinski definition) is 2. The van der Waals surface area contributed by atoms with E-state index < -0.39 is 5.82 Å². The smallest absolute Gasteiger partial charge is 0.319 e. The highest BCUT2D eigenvalue weighted by Gasteiger charge is 2.45. The van der Waals surface area contributed by atoms with Crippen molar-refractivity contribution in [3.05, 3.63) is 41.6 Å². The molecule has 7 heterocycles. The zero-order valence-electron chi connectivity index (χ0n) is 21.7. The Balaban J connectivity index is 1.24. The monoisotopic (exact) mass is 547 g/mol. The average Bonchev–Trinajstić information content (AvgIpc) is 3.71. The van der Waals surface area contributed by atoms with Crippen molar-refractivity contribution in [2.45, 2.75) is 56.1 Å². The van der Waals surface area contributed by atoms with Crippen LogP contribution in [0.5, 0.6) is 6.01 Å². The summed E-state index contributed by atoms with van der Waals surface area (Å²) < 4.78 is 22.9. The molecule has 2 bridgehead atoms. The summed E-state index contributed by atoms with van der Waals surface area (Å²) >= 11 is 6.49. The highest BCUT2D eigenvalue weighted by Crippen LogP contribution is 2.41. The molecular formula is C29H31ClFN7O. The third-order valence-electron chi connectivity index (χ3n) is 9.39. The number of hydrogen-bond acceptors (Lipinski definition) is 7. The fraction of sp³-hybridized carbons (Fsp3) is 0.483. The molecule has 1 aromatic carbocycles. The molecule has 2 unspecified atom stereocenters. The molecule has 3 aromatic heterocycles. The Morgan fingerprint density at radius 3 is 2.64 bits per heavy atom. The number of halogens is 2. The van der Waals surface area contributed by atoms with E-state index in [0.29, 0.717) is 40.2 Å². The first-order valence-electron chi connectivity index (χ1n) is 14.1. The number of nitrogens with zero attached hydrogens (tertiary/aromatic N) is 5. The van der Waals surface area contributed by atoms with Gasteiger partial charge < -0.3 is 19.9 Å². The van der Waals surface area contributed by atoms with E-state index >= 15 is 4.39 Å². The number of anilines is 1. The first kappa shape index (κ1) is 23.8. The number of aromatic nitrogens is 4. The third kappa shape index (κ3) is 3.81. The average molecular weight is 548 g/mol. The predicted octanol–water partition coefficient (Wildman–Crippen LogP) is 4.91. The molecule has 8 nitrogen and oxygen atoms in total. The number of ether oxygens (including phenoxy) is 1. The summed E-state index contributed by atoms with van der Waals surface area (Å²) in [5, 5.41) is 5.61. The second-order valence-electron chi connectivity index (χ2n) is 11.6. The number of piperazine rings is 1. The van der Waals surface area contributed by atoms with E-state index in [9.17, 15) is 0 Å². The van der Waals surface area contributed by atoms with E-state index in [2.05, 4.69) is 25.1 Å². The van der Waals surface area contributed by atoms with Gasteiger partial charge in [-0.3, -0.25) is 9.88 Å². The van der Waals surface area contributed by atoms with E-state index in [1.165, 1.54) is 12.8 Å². The van der Waals surface area contributed by atoms with Crippen LogP contribution in [0.15, 0.2) is 30.7 Å². The van der Waals surface area contributed by atoms with Crippen LogP contribution in [0.1, 0.15) is 38.5 Å². The molecule has 4 aliphatic rings. The van der Waals surface area contributed by atoms with Crippen LogP contribution >= 0.6 is 11.6 Å². The van der Waals surface area contributed by atoms with Gasteiger partial charge in [-0.25, -0.2) is 4.39 Å². The minimum atomic E-state index is -0.394. The Hall–Kier alpha value is -3.01. The quantitative estimate of drug-likeness (QED) is 0.367. The molecule has 2 N–H and O–H groups in total. The molecule has 4 saturated heterocycles. The van der Waals surface area contributed by atoms with Crippen molar-refractivity contribution in [3.63, 3.8) is 0 Å². The molecule has 202 valence electrons. The predicted molar refractivity (Wildman–Crippen MR) is 150 cm³/mol. The van der Waals surface area contributed by atoms with Gasteiger partial charge in [0.15, 0.2) is 5.82 Å². The summed E-state index contributed by atoms with van der Waals surface area (Å²) in [7, 11) is 0. The maximum Gasteiger partial charge on any atom is 0.319 e. The van der Waals surface area contributed by atoms with Crippen LogP contribution in [0.2, 0.25) is 5.02 Å². The van der Waals surface area contributed by atoms with Crippen molar-refractivity contribution in [2.75, 3.05) is 37.7 Å². The van der Waals surface area contributed by atoms with Crippen molar-refractivity contribution >= 4 is 39.2 Å². The van der Waals surface area contributed by atoms with Crippen molar-refractivity contribution in [2.24, 2.45) is 0 Å². The van der Waals surface area contributed by atoms with Crippen molar-refractivity contribution < 1.29 is 9.13 Å². The van der Waals surface area contributed by atoms with Gasteiger partial charge in [-0.05, 0) is 57.7 Å². The summed E-state index contributed by atoms with van der Waals surface area (Å²) in [6, 6.07) is 4.87. The number of rotatable bonds is 5. The third-order valence-corrected chi connectivity index (χ3v) is 9.68. The number of pyridine rings is 1. The zero-order valence-corrected chi connectivity index (χ0v) is 22.5. The molecule has 10 heteroatoms. The van der Waals surface area contributed by atoms with Crippen LogP contribution in [-0.4, -0.2) is 75.2 Å². The number of nitrogens with one attached hydrogen (secondary N) is 2. The van der Waals surface area contributed by atoms with Gasteiger partial charge in [0, 0.05) is 59.5 Å². The van der Waals surface area contributed by atoms with Crippen LogP contribution in [0.4, 0.5) is 10.2 Å². The molecule has 2 atom stereocenters. The SMILES string of the molecule is Fc1c(-c2c[nH]c3cncc(Cl)c23)ccc2c(N3CC4CCC(C3)N4)nc(OCC34CCCN3CCC4)nc12. The molecule has 0 radical (unpaired) electrons. The first-order chi connectivity index (χ1) is 19.1. The van der Waals surface area contributed by atoms with Gasteiger partial charge in [0.25, 0.3) is 0 Å². The minimum absolute atomic E-state index is 0.0574. The van der Waals surface area contributed by atoms with Crippen molar-refractivity contribution in [1.29, 1.82) is 0 Å². The molecule has 8 rings (SSSR count). The summed E-state index contributed by atoms with van der Waals surface area (Å²) in [5.41, 5.74) is 2.23. The highest BCUT2D eigenvalue weighted by atomic mass is 35.5. The molecule has 39 heavy (non-hydrogen) atoms. The van der Waals surface area contributed by atoms with Gasteiger partial charge in [-0.2, -0.15) is 9.97 Å². The molecule has 0 amide bonds. The number of aromatic amines is 1. The maximum atomic E-state index is 16.5. The van der Waals surface area contributed by atoms with Gasteiger partial charge >= 0.3 is 6.01 Å². The second kappa shape index (κ2) is 9.01. The lowest BCUT2D eigenvalue weighted by Gasteiger charge is -2.34. The Kier molecular flexibility index (Phi) is 5.51. The summed E-state index contributed by atoms with van der Waals surface area (Å²) in [6.45, 7) is 4.47. The maximum absolute atomic E-state index is 16.5. The lowest BCUT2D eigenvalue weighted by atomic mass is 9.95.